The molecule has 7 nitrogen and oxygen atoms in total. The predicted molar refractivity (Wildman–Crippen MR) is 124 cm³/mol. The van der Waals surface area contributed by atoms with Crippen LogP contribution in [-0.4, -0.2) is 97.8 Å². The number of fused-ring (bicyclic) bond motifs is 4. The van der Waals surface area contributed by atoms with E-state index in [0.29, 0.717) is 18.5 Å². The van der Waals surface area contributed by atoms with Gasteiger partial charge in [0.2, 0.25) is 10.0 Å². The molecule has 5 aliphatic heterocycles. The van der Waals surface area contributed by atoms with Crippen LogP contribution >= 0.6 is 0 Å². The predicted octanol–water partition coefficient (Wildman–Crippen LogP) is 1.20. The van der Waals surface area contributed by atoms with Crippen LogP contribution in [0.15, 0.2) is 0 Å². The highest BCUT2D eigenvalue weighted by molar-refractivity contribution is 7.89. The average molecular weight is 454 g/mol. The van der Waals surface area contributed by atoms with Crippen molar-refractivity contribution >= 4 is 10.0 Å². The maximum atomic E-state index is 13.6. The number of piperidine rings is 3. The number of nitrogens with zero attached hydrogens (tertiary/aromatic N) is 3. The third kappa shape index (κ3) is 4.33. The molecule has 3 N–H and O–H groups in total. The molecule has 1 aliphatic carbocycles. The van der Waals surface area contributed by atoms with Crippen molar-refractivity contribution in [2.75, 3.05) is 52.4 Å². The molecule has 0 aromatic rings. The summed E-state index contributed by atoms with van der Waals surface area (Å²) in [5.41, 5.74) is 7.00. The summed E-state index contributed by atoms with van der Waals surface area (Å²) in [6.45, 7) is 7.41. The minimum Gasteiger partial charge on any atom is -0.322 e. The van der Waals surface area contributed by atoms with Crippen LogP contribution in [0.2, 0.25) is 0 Å². The van der Waals surface area contributed by atoms with Gasteiger partial charge >= 0.3 is 0 Å². The van der Waals surface area contributed by atoms with Crippen LogP contribution in [0.3, 0.4) is 0 Å². The molecular formula is C23H43N5O2S. The maximum absolute atomic E-state index is 13.6. The lowest BCUT2D eigenvalue weighted by atomic mass is 9.68. The standard InChI is InChI=1S/C23H43N5O2S/c24-23(19-4-2-1-3-5-19)18-25-11-6-22(23)27-14-9-21(10-15-27)31(29,30)28-17-16-26-12-7-20(28)8-13-26/h19-22,25H,1-18,24H2. The number of hydrogen-bond donors (Lipinski definition) is 2. The Hall–Kier alpha value is -0.250. The lowest BCUT2D eigenvalue weighted by Crippen LogP contribution is -2.71. The summed E-state index contributed by atoms with van der Waals surface area (Å²) in [6, 6.07) is 0.622. The first-order valence-electron chi connectivity index (χ1n) is 12.9. The Morgan fingerprint density at radius 3 is 2.23 bits per heavy atom. The van der Waals surface area contributed by atoms with Crippen LogP contribution in [0.1, 0.15) is 64.2 Å². The fraction of sp³-hybridized carbons (Fsp3) is 1.00. The van der Waals surface area contributed by atoms with Crippen molar-refractivity contribution in [3.8, 4) is 0 Å². The van der Waals surface area contributed by atoms with Gasteiger partial charge < -0.3 is 16.0 Å². The number of nitrogens with two attached hydrogens (primary N) is 1. The van der Waals surface area contributed by atoms with Gasteiger partial charge in [-0.1, -0.05) is 19.3 Å². The fourth-order valence-corrected chi connectivity index (χ4v) is 9.53. The molecule has 1 saturated carbocycles. The first-order valence-corrected chi connectivity index (χ1v) is 14.5. The van der Waals surface area contributed by atoms with Crippen LogP contribution in [0.4, 0.5) is 0 Å². The first-order chi connectivity index (χ1) is 15.0. The lowest BCUT2D eigenvalue weighted by Gasteiger charge is -2.53. The van der Waals surface area contributed by atoms with Crippen molar-refractivity contribution in [1.29, 1.82) is 0 Å². The van der Waals surface area contributed by atoms with Crippen LogP contribution in [0, 0.1) is 5.92 Å². The van der Waals surface area contributed by atoms with Crippen LogP contribution in [-0.2, 0) is 10.0 Å². The van der Waals surface area contributed by atoms with Gasteiger partial charge in [-0.15, -0.1) is 0 Å². The van der Waals surface area contributed by atoms with Gasteiger partial charge in [0.25, 0.3) is 0 Å². The molecule has 0 spiro atoms. The molecule has 0 amide bonds. The average Bonchev–Trinajstić information content (AvgIpc) is 3.15. The molecule has 2 bridgehead atoms. The van der Waals surface area contributed by atoms with Crippen molar-refractivity contribution in [3.05, 3.63) is 0 Å². The summed E-state index contributed by atoms with van der Waals surface area (Å²) in [5.74, 6) is 0.600. The van der Waals surface area contributed by atoms with Crippen LogP contribution < -0.4 is 11.1 Å². The fourth-order valence-electron chi connectivity index (χ4n) is 7.37. The van der Waals surface area contributed by atoms with E-state index in [1.54, 1.807) is 0 Å². The molecule has 6 rings (SSSR count). The van der Waals surface area contributed by atoms with E-state index in [-0.39, 0.29) is 16.8 Å². The molecule has 6 fully saturated rings. The van der Waals surface area contributed by atoms with Crippen LogP contribution in [0.25, 0.3) is 0 Å². The second-order valence-corrected chi connectivity index (χ2v) is 13.1. The van der Waals surface area contributed by atoms with Gasteiger partial charge in [0, 0.05) is 37.3 Å². The molecule has 5 heterocycles. The zero-order valence-electron chi connectivity index (χ0n) is 19.2. The molecular weight excluding hydrogens is 410 g/mol. The van der Waals surface area contributed by atoms with Gasteiger partial charge in [-0.25, -0.2) is 8.42 Å². The van der Waals surface area contributed by atoms with Gasteiger partial charge in [0.1, 0.15) is 0 Å². The third-order valence-electron chi connectivity index (χ3n) is 9.28. The van der Waals surface area contributed by atoms with Crippen LogP contribution in [0.5, 0.6) is 0 Å². The first kappa shape index (κ1) is 22.5. The molecule has 5 saturated heterocycles. The highest BCUT2D eigenvalue weighted by Crippen LogP contribution is 2.38. The number of rotatable bonds is 4. The second kappa shape index (κ2) is 9.18. The summed E-state index contributed by atoms with van der Waals surface area (Å²) in [7, 11) is -3.21. The van der Waals surface area contributed by atoms with Gasteiger partial charge in [0.15, 0.2) is 0 Å². The Bertz CT molecular complexity index is 711. The Morgan fingerprint density at radius 1 is 0.806 bits per heavy atom. The minimum absolute atomic E-state index is 0.164. The summed E-state index contributed by atoms with van der Waals surface area (Å²) in [5, 5.41) is 3.37. The Kier molecular flexibility index (Phi) is 6.68. The highest BCUT2D eigenvalue weighted by atomic mass is 32.2. The van der Waals surface area contributed by atoms with Crippen molar-refractivity contribution in [1.82, 2.24) is 19.4 Å². The quantitative estimate of drug-likeness (QED) is 0.666. The topological polar surface area (TPSA) is 81.9 Å². The summed E-state index contributed by atoms with van der Waals surface area (Å²) in [6.07, 6.45) is 11.1. The molecule has 0 aromatic heterocycles. The van der Waals surface area contributed by atoms with Crippen molar-refractivity contribution in [2.24, 2.45) is 11.7 Å². The number of nitrogens with one attached hydrogen (secondary N) is 1. The molecule has 0 radical (unpaired) electrons. The second-order valence-electron chi connectivity index (χ2n) is 10.9. The monoisotopic (exact) mass is 453 g/mol. The van der Waals surface area contributed by atoms with E-state index in [1.807, 2.05) is 4.31 Å². The van der Waals surface area contributed by atoms with Crippen molar-refractivity contribution < 1.29 is 8.42 Å². The van der Waals surface area contributed by atoms with E-state index in [2.05, 4.69) is 15.1 Å². The molecule has 31 heavy (non-hydrogen) atoms. The van der Waals surface area contributed by atoms with E-state index in [9.17, 15) is 8.42 Å². The third-order valence-corrected chi connectivity index (χ3v) is 11.7. The smallest absolute Gasteiger partial charge is 0.217 e. The van der Waals surface area contributed by atoms with E-state index >= 15 is 0 Å². The van der Waals surface area contributed by atoms with E-state index in [0.717, 1.165) is 77.9 Å². The van der Waals surface area contributed by atoms with Crippen molar-refractivity contribution in [2.45, 2.75) is 87.1 Å². The van der Waals surface area contributed by atoms with E-state index < -0.39 is 10.0 Å². The summed E-state index contributed by atoms with van der Waals surface area (Å²) < 4.78 is 29.1. The van der Waals surface area contributed by atoms with Gasteiger partial charge in [-0.05, 0) is 83.6 Å². The maximum Gasteiger partial charge on any atom is 0.217 e. The van der Waals surface area contributed by atoms with Gasteiger partial charge in [0.05, 0.1) is 5.25 Å². The molecule has 2 unspecified atom stereocenters. The largest absolute Gasteiger partial charge is 0.322 e. The van der Waals surface area contributed by atoms with E-state index in [4.69, 9.17) is 5.73 Å². The molecule has 2 atom stereocenters. The normalized spacial score (nSPS) is 40.1. The number of hydrogen-bond acceptors (Lipinski definition) is 6. The molecule has 8 heteroatoms. The highest BCUT2D eigenvalue weighted by Gasteiger charge is 2.48. The van der Waals surface area contributed by atoms with Gasteiger partial charge in [-0.2, -0.15) is 4.31 Å². The zero-order valence-corrected chi connectivity index (χ0v) is 20.0. The van der Waals surface area contributed by atoms with Gasteiger partial charge in [-0.3, -0.25) is 4.90 Å². The zero-order chi connectivity index (χ0) is 21.5. The lowest BCUT2D eigenvalue weighted by molar-refractivity contribution is 0.0301. The molecule has 6 aliphatic rings. The SMILES string of the molecule is NC1(C2CCCCC2)CNCCC1N1CCC(S(=O)(=O)N2CCN3CCC2CC3)CC1. The number of sulfonamides is 1. The Labute approximate surface area is 189 Å². The Morgan fingerprint density at radius 2 is 1.52 bits per heavy atom. The summed E-state index contributed by atoms with van der Waals surface area (Å²) >= 11 is 0. The molecule has 178 valence electrons. The van der Waals surface area contributed by atoms with E-state index in [1.165, 1.54) is 32.1 Å². The Balaban J connectivity index is 1.25. The molecule has 0 aromatic carbocycles. The summed E-state index contributed by atoms with van der Waals surface area (Å²) in [4.78, 5) is 5.00. The van der Waals surface area contributed by atoms with Crippen molar-refractivity contribution in [3.63, 3.8) is 0 Å². The number of likely N-dealkylation sites (tertiary alicyclic amines) is 1. The minimum atomic E-state index is -3.21.